The largest absolute Gasteiger partial charge is 0.309 e. The van der Waals surface area contributed by atoms with Crippen molar-refractivity contribution in [2.45, 2.75) is 25.8 Å². The van der Waals surface area contributed by atoms with E-state index in [1.165, 1.54) is 10.9 Å². The first-order chi connectivity index (χ1) is 9.61. The number of halogens is 3. The molecule has 1 aromatic carbocycles. The molecule has 1 unspecified atom stereocenters. The minimum absolute atomic E-state index is 0.103. The van der Waals surface area contributed by atoms with Crippen LogP contribution in [0.2, 0.25) is 5.02 Å². The quantitative estimate of drug-likeness (QED) is 0.693. The molecule has 0 fully saturated rings. The lowest BCUT2D eigenvalue weighted by molar-refractivity contribution is 0.499. The Hall–Kier alpha value is -0.420. The summed E-state index contributed by atoms with van der Waals surface area (Å²) in [5, 5.41) is 3.87. The molecule has 2 aromatic rings. The van der Waals surface area contributed by atoms with Crippen LogP contribution in [0, 0.1) is 5.82 Å². The maximum Gasteiger partial charge on any atom is 0.129 e. The fourth-order valence-corrected chi connectivity index (χ4v) is 3.92. The van der Waals surface area contributed by atoms with Crippen molar-refractivity contribution < 1.29 is 4.39 Å². The smallest absolute Gasteiger partial charge is 0.129 e. The molecule has 0 aliphatic heterocycles. The van der Waals surface area contributed by atoms with E-state index in [0.717, 1.165) is 23.2 Å². The summed E-state index contributed by atoms with van der Waals surface area (Å²) >= 11 is 11.3. The lowest BCUT2D eigenvalue weighted by Crippen LogP contribution is -2.25. The highest BCUT2D eigenvalue weighted by Gasteiger charge is 2.19. The Morgan fingerprint density at radius 1 is 1.35 bits per heavy atom. The highest BCUT2D eigenvalue weighted by Crippen LogP contribution is 2.31. The van der Waals surface area contributed by atoms with Crippen LogP contribution in [-0.2, 0) is 6.42 Å². The van der Waals surface area contributed by atoms with Gasteiger partial charge in [0.25, 0.3) is 0 Å². The summed E-state index contributed by atoms with van der Waals surface area (Å²) < 4.78 is 15.2. The monoisotopic (exact) mass is 375 g/mol. The minimum atomic E-state index is -0.248. The van der Waals surface area contributed by atoms with Crippen LogP contribution in [0.1, 0.15) is 29.8 Å². The van der Waals surface area contributed by atoms with E-state index >= 15 is 0 Å². The molecule has 108 valence electrons. The zero-order chi connectivity index (χ0) is 14.5. The van der Waals surface area contributed by atoms with Crippen molar-refractivity contribution in [3.8, 4) is 0 Å². The maximum absolute atomic E-state index is 14.1. The molecule has 1 nitrogen and oxygen atoms in total. The van der Waals surface area contributed by atoms with Gasteiger partial charge < -0.3 is 5.32 Å². The molecule has 2 rings (SSSR count). The van der Waals surface area contributed by atoms with Gasteiger partial charge in [-0.15, -0.1) is 11.3 Å². The SMILES string of the molecule is CCCNC(Cc1ccc(Br)s1)c1c(F)cccc1Cl. The van der Waals surface area contributed by atoms with Crippen molar-refractivity contribution >= 4 is 38.9 Å². The molecule has 0 saturated carbocycles. The van der Waals surface area contributed by atoms with Crippen LogP contribution in [-0.4, -0.2) is 6.54 Å². The molecule has 0 bridgehead atoms. The topological polar surface area (TPSA) is 12.0 Å². The van der Waals surface area contributed by atoms with Crippen molar-refractivity contribution in [2.75, 3.05) is 6.54 Å². The highest BCUT2D eigenvalue weighted by molar-refractivity contribution is 9.11. The number of benzene rings is 1. The third-order valence-corrected chi connectivity index (χ3v) is 5.00. The normalized spacial score (nSPS) is 12.6. The molecule has 0 amide bonds. The zero-order valence-corrected chi connectivity index (χ0v) is 14.3. The summed E-state index contributed by atoms with van der Waals surface area (Å²) in [5.41, 5.74) is 0.562. The van der Waals surface area contributed by atoms with Crippen LogP contribution < -0.4 is 5.32 Å². The standard InChI is InChI=1S/C15H16BrClFNS/c1-2-8-19-13(9-10-6-7-14(16)20-10)15-11(17)4-3-5-12(15)18/h3-7,13,19H,2,8-9H2,1H3. The predicted octanol–water partition coefficient (Wildman–Crippen LogP) is 5.59. The van der Waals surface area contributed by atoms with Gasteiger partial charge in [-0.25, -0.2) is 4.39 Å². The van der Waals surface area contributed by atoms with E-state index in [1.54, 1.807) is 23.5 Å². The molecule has 0 saturated heterocycles. The second-order valence-corrected chi connectivity index (χ2v) is 7.51. The summed E-state index contributed by atoms with van der Waals surface area (Å²) in [6.07, 6.45) is 1.73. The van der Waals surface area contributed by atoms with Gasteiger partial charge in [0.2, 0.25) is 0 Å². The molecular weight excluding hydrogens is 361 g/mol. The van der Waals surface area contributed by atoms with Crippen molar-refractivity contribution in [3.63, 3.8) is 0 Å². The number of rotatable bonds is 6. The summed E-state index contributed by atoms with van der Waals surface area (Å²) in [5.74, 6) is -0.248. The average Bonchev–Trinajstić information content (AvgIpc) is 2.81. The predicted molar refractivity (Wildman–Crippen MR) is 88.2 cm³/mol. The number of nitrogens with one attached hydrogen (secondary N) is 1. The Morgan fingerprint density at radius 3 is 2.75 bits per heavy atom. The Balaban J connectivity index is 2.27. The fraction of sp³-hybridized carbons (Fsp3) is 0.333. The zero-order valence-electron chi connectivity index (χ0n) is 11.1. The van der Waals surface area contributed by atoms with Gasteiger partial charge >= 0.3 is 0 Å². The molecule has 1 heterocycles. The summed E-state index contributed by atoms with van der Waals surface area (Å²) in [7, 11) is 0. The molecule has 1 aromatic heterocycles. The van der Waals surface area contributed by atoms with E-state index in [-0.39, 0.29) is 11.9 Å². The van der Waals surface area contributed by atoms with E-state index in [9.17, 15) is 4.39 Å². The van der Waals surface area contributed by atoms with Crippen LogP contribution in [0.25, 0.3) is 0 Å². The van der Waals surface area contributed by atoms with Crippen LogP contribution in [0.5, 0.6) is 0 Å². The molecule has 5 heteroatoms. The van der Waals surface area contributed by atoms with Crippen LogP contribution >= 0.6 is 38.9 Å². The van der Waals surface area contributed by atoms with Crippen LogP contribution in [0.4, 0.5) is 4.39 Å². The molecule has 0 radical (unpaired) electrons. The van der Waals surface area contributed by atoms with Crippen molar-refractivity contribution in [2.24, 2.45) is 0 Å². The van der Waals surface area contributed by atoms with Gasteiger partial charge in [0.05, 0.1) is 3.79 Å². The average molecular weight is 377 g/mol. The van der Waals surface area contributed by atoms with Crippen molar-refractivity contribution in [1.29, 1.82) is 0 Å². The van der Waals surface area contributed by atoms with Gasteiger partial charge in [0, 0.05) is 27.9 Å². The van der Waals surface area contributed by atoms with Crippen LogP contribution in [0.15, 0.2) is 34.1 Å². The van der Waals surface area contributed by atoms with Gasteiger partial charge in [-0.1, -0.05) is 24.6 Å². The molecule has 0 aliphatic carbocycles. The van der Waals surface area contributed by atoms with E-state index in [1.807, 2.05) is 6.07 Å². The van der Waals surface area contributed by atoms with Gasteiger partial charge in [-0.2, -0.15) is 0 Å². The Labute approximate surface area is 136 Å². The molecule has 0 aliphatic rings. The van der Waals surface area contributed by atoms with E-state index in [4.69, 9.17) is 11.6 Å². The maximum atomic E-state index is 14.1. The third kappa shape index (κ3) is 4.04. The lowest BCUT2D eigenvalue weighted by atomic mass is 10.0. The number of hydrogen-bond donors (Lipinski definition) is 1. The first-order valence-electron chi connectivity index (χ1n) is 6.53. The summed E-state index contributed by atoms with van der Waals surface area (Å²) in [6, 6.07) is 8.81. The van der Waals surface area contributed by atoms with E-state index < -0.39 is 0 Å². The van der Waals surface area contributed by atoms with Crippen LogP contribution in [0.3, 0.4) is 0 Å². The number of thiophene rings is 1. The lowest BCUT2D eigenvalue weighted by Gasteiger charge is -2.20. The fourth-order valence-electron chi connectivity index (χ4n) is 2.10. The first kappa shape index (κ1) is 16.0. The summed E-state index contributed by atoms with van der Waals surface area (Å²) in [4.78, 5) is 1.20. The van der Waals surface area contributed by atoms with Gasteiger partial charge in [-0.05, 0) is 53.2 Å². The van der Waals surface area contributed by atoms with Crippen molar-refractivity contribution in [3.05, 3.63) is 55.4 Å². The Morgan fingerprint density at radius 2 is 2.15 bits per heavy atom. The Kier molecular flexibility index (Phi) is 6.02. The van der Waals surface area contributed by atoms with Gasteiger partial charge in [-0.3, -0.25) is 0 Å². The molecule has 20 heavy (non-hydrogen) atoms. The van der Waals surface area contributed by atoms with Crippen molar-refractivity contribution in [1.82, 2.24) is 5.32 Å². The first-order valence-corrected chi connectivity index (χ1v) is 8.52. The highest BCUT2D eigenvalue weighted by atomic mass is 79.9. The van der Waals surface area contributed by atoms with Gasteiger partial charge in [0.15, 0.2) is 0 Å². The second kappa shape index (κ2) is 7.55. The molecule has 1 N–H and O–H groups in total. The van der Waals surface area contributed by atoms with E-state index in [0.29, 0.717) is 10.6 Å². The Bertz CT molecular complexity index is 553. The van der Waals surface area contributed by atoms with Gasteiger partial charge in [0.1, 0.15) is 5.82 Å². The second-order valence-electron chi connectivity index (χ2n) is 4.55. The number of hydrogen-bond acceptors (Lipinski definition) is 2. The third-order valence-electron chi connectivity index (χ3n) is 3.02. The summed E-state index contributed by atoms with van der Waals surface area (Å²) in [6.45, 7) is 2.93. The minimum Gasteiger partial charge on any atom is -0.309 e. The van der Waals surface area contributed by atoms with E-state index in [2.05, 4.69) is 34.2 Å². The molecule has 1 atom stereocenters. The molecular formula is C15H16BrClFNS. The molecule has 0 spiro atoms.